The predicted octanol–water partition coefficient (Wildman–Crippen LogP) is 1.67. The molecule has 0 fully saturated rings. The minimum atomic E-state index is 0.187. The Labute approximate surface area is 110 Å². The zero-order chi connectivity index (χ0) is 13.3. The highest BCUT2D eigenvalue weighted by molar-refractivity contribution is 6.28. The van der Waals surface area contributed by atoms with E-state index in [1.807, 2.05) is 20.2 Å². The van der Waals surface area contributed by atoms with Crippen molar-refractivity contribution in [1.29, 1.82) is 0 Å². The third-order valence-corrected chi connectivity index (χ3v) is 2.84. The third-order valence-electron chi connectivity index (χ3n) is 2.67. The highest BCUT2D eigenvalue weighted by atomic mass is 35.5. The Balaban J connectivity index is 2.18. The van der Waals surface area contributed by atoms with Crippen LogP contribution in [0.3, 0.4) is 0 Å². The van der Waals surface area contributed by atoms with Gasteiger partial charge in [0.25, 0.3) is 0 Å². The second kappa shape index (κ2) is 4.81. The van der Waals surface area contributed by atoms with Gasteiger partial charge in [-0.2, -0.15) is 10.1 Å². The quantitative estimate of drug-likeness (QED) is 0.826. The molecule has 0 aliphatic carbocycles. The van der Waals surface area contributed by atoms with Gasteiger partial charge in [-0.15, -0.1) is 0 Å². The van der Waals surface area contributed by atoms with Crippen molar-refractivity contribution in [2.24, 2.45) is 7.05 Å². The van der Waals surface area contributed by atoms with E-state index in [9.17, 15) is 0 Å². The molecule has 2 heterocycles. The molecule has 0 aromatic carbocycles. The zero-order valence-electron chi connectivity index (χ0n) is 10.5. The SMILES string of the molecule is Cc1nn(C)cc1CNc1nc(Cl)nc(C)c1N. The summed E-state index contributed by atoms with van der Waals surface area (Å²) in [5.74, 6) is 0.552. The highest BCUT2D eigenvalue weighted by Crippen LogP contribution is 2.21. The van der Waals surface area contributed by atoms with Crippen LogP contribution in [0.15, 0.2) is 6.20 Å². The molecule has 0 bridgehead atoms. The van der Waals surface area contributed by atoms with Gasteiger partial charge in [-0.05, 0) is 25.4 Å². The highest BCUT2D eigenvalue weighted by Gasteiger charge is 2.09. The lowest BCUT2D eigenvalue weighted by atomic mass is 10.2. The molecule has 96 valence electrons. The number of aromatic nitrogens is 4. The molecular weight excluding hydrogens is 252 g/mol. The Morgan fingerprint density at radius 2 is 2.06 bits per heavy atom. The van der Waals surface area contributed by atoms with Crippen molar-refractivity contribution in [3.05, 3.63) is 28.4 Å². The lowest BCUT2D eigenvalue weighted by molar-refractivity contribution is 0.756. The molecule has 0 amide bonds. The standard InChI is InChI=1S/C11H15ClN6/c1-6-8(5-18(3)17-6)4-14-10-9(13)7(2)15-11(12)16-10/h5H,4,13H2,1-3H3,(H,14,15,16). The molecule has 0 atom stereocenters. The second-order valence-corrected chi connectivity index (χ2v) is 4.45. The summed E-state index contributed by atoms with van der Waals surface area (Å²) >= 11 is 5.80. The molecule has 3 N–H and O–H groups in total. The number of hydrogen-bond acceptors (Lipinski definition) is 5. The third kappa shape index (κ3) is 2.53. The zero-order valence-corrected chi connectivity index (χ0v) is 11.3. The van der Waals surface area contributed by atoms with Gasteiger partial charge in [0.1, 0.15) is 0 Å². The summed E-state index contributed by atoms with van der Waals surface area (Å²) in [5, 5.41) is 7.61. The average molecular weight is 267 g/mol. The number of hydrogen-bond donors (Lipinski definition) is 2. The van der Waals surface area contributed by atoms with Crippen LogP contribution in [0.4, 0.5) is 11.5 Å². The van der Waals surface area contributed by atoms with Crippen molar-refractivity contribution in [1.82, 2.24) is 19.7 Å². The van der Waals surface area contributed by atoms with Crippen molar-refractivity contribution in [3.63, 3.8) is 0 Å². The predicted molar refractivity (Wildman–Crippen MR) is 71.5 cm³/mol. The topological polar surface area (TPSA) is 81.7 Å². The van der Waals surface area contributed by atoms with Crippen LogP contribution in [0.2, 0.25) is 5.28 Å². The second-order valence-electron chi connectivity index (χ2n) is 4.11. The van der Waals surface area contributed by atoms with E-state index in [1.165, 1.54) is 0 Å². The molecule has 0 unspecified atom stereocenters. The van der Waals surface area contributed by atoms with Gasteiger partial charge in [-0.3, -0.25) is 4.68 Å². The molecule has 0 aliphatic heterocycles. The lowest BCUT2D eigenvalue weighted by Crippen LogP contribution is -2.07. The van der Waals surface area contributed by atoms with Gasteiger partial charge in [0.05, 0.1) is 17.1 Å². The number of aryl methyl sites for hydroxylation is 3. The Kier molecular flexibility index (Phi) is 3.38. The molecule has 0 aliphatic rings. The fourth-order valence-electron chi connectivity index (χ4n) is 1.68. The van der Waals surface area contributed by atoms with Crippen LogP contribution >= 0.6 is 11.6 Å². The number of nitrogens with zero attached hydrogens (tertiary/aromatic N) is 4. The minimum Gasteiger partial charge on any atom is -0.394 e. The fourth-order valence-corrected chi connectivity index (χ4v) is 1.89. The van der Waals surface area contributed by atoms with Gasteiger partial charge in [-0.1, -0.05) is 0 Å². The van der Waals surface area contributed by atoms with Gasteiger partial charge < -0.3 is 11.1 Å². The van der Waals surface area contributed by atoms with Gasteiger partial charge in [0, 0.05) is 25.4 Å². The first-order chi connectivity index (χ1) is 8.47. The number of anilines is 2. The molecule has 7 heteroatoms. The van der Waals surface area contributed by atoms with Crippen LogP contribution in [0, 0.1) is 13.8 Å². The van der Waals surface area contributed by atoms with Crippen LogP contribution < -0.4 is 11.1 Å². The first-order valence-corrected chi connectivity index (χ1v) is 5.87. The van der Waals surface area contributed by atoms with Crippen molar-refractivity contribution >= 4 is 23.1 Å². The number of rotatable bonds is 3. The number of halogens is 1. The molecule has 0 spiro atoms. The van der Waals surface area contributed by atoms with Crippen LogP contribution in [-0.2, 0) is 13.6 Å². The summed E-state index contributed by atoms with van der Waals surface area (Å²) in [6, 6.07) is 0. The molecular formula is C11H15ClN6. The normalized spacial score (nSPS) is 10.7. The van der Waals surface area contributed by atoms with E-state index < -0.39 is 0 Å². The molecule has 2 rings (SSSR count). The van der Waals surface area contributed by atoms with Gasteiger partial charge in [0.15, 0.2) is 5.82 Å². The van der Waals surface area contributed by atoms with E-state index in [0.717, 1.165) is 11.3 Å². The van der Waals surface area contributed by atoms with Crippen LogP contribution in [0.25, 0.3) is 0 Å². The van der Waals surface area contributed by atoms with E-state index in [2.05, 4.69) is 20.4 Å². The van der Waals surface area contributed by atoms with E-state index in [4.69, 9.17) is 17.3 Å². The van der Waals surface area contributed by atoms with E-state index in [1.54, 1.807) is 11.6 Å². The number of nitrogens with one attached hydrogen (secondary N) is 1. The maximum atomic E-state index is 5.89. The number of nitrogens with two attached hydrogens (primary N) is 1. The van der Waals surface area contributed by atoms with E-state index in [-0.39, 0.29) is 5.28 Å². The minimum absolute atomic E-state index is 0.187. The molecule has 18 heavy (non-hydrogen) atoms. The maximum absolute atomic E-state index is 5.89. The Morgan fingerprint density at radius 1 is 1.33 bits per heavy atom. The maximum Gasteiger partial charge on any atom is 0.224 e. The molecule has 2 aromatic rings. The fraction of sp³-hybridized carbons (Fsp3) is 0.364. The van der Waals surface area contributed by atoms with Gasteiger partial charge in [0.2, 0.25) is 5.28 Å². The van der Waals surface area contributed by atoms with Crippen LogP contribution in [-0.4, -0.2) is 19.7 Å². The summed E-state index contributed by atoms with van der Waals surface area (Å²) < 4.78 is 1.77. The molecule has 6 nitrogen and oxygen atoms in total. The molecule has 0 saturated carbocycles. The summed E-state index contributed by atoms with van der Waals surface area (Å²) in [4.78, 5) is 8.06. The summed E-state index contributed by atoms with van der Waals surface area (Å²) in [6.07, 6.45) is 1.95. The molecule has 0 saturated heterocycles. The Morgan fingerprint density at radius 3 is 2.67 bits per heavy atom. The van der Waals surface area contributed by atoms with Gasteiger partial charge in [-0.25, -0.2) is 4.98 Å². The van der Waals surface area contributed by atoms with E-state index in [0.29, 0.717) is 23.7 Å². The summed E-state index contributed by atoms with van der Waals surface area (Å²) in [6.45, 7) is 4.35. The smallest absolute Gasteiger partial charge is 0.224 e. The number of nitrogen functional groups attached to an aromatic ring is 1. The Bertz CT molecular complexity index is 577. The van der Waals surface area contributed by atoms with Crippen LogP contribution in [0.1, 0.15) is 17.0 Å². The van der Waals surface area contributed by atoms with Crippen molar-refractivity contribution < 1.29 is 0 Å². The average Bonchev–Trinajstić information content (AvgIpc) is 2.60. The van der Waals surface area contributed by atoms with Gasteiger partial charge >= 0.3 is 0 Å². The molecule has 0 radical (unpaired) electrons. The summed E-state index contributed by atoms with van der Waals surface area (Å²) in [5.41, 5.74) is 9.13. The largest absolute Gasteiger partial charge is 0.394 e. The van der Waals surface area contributed by atoms with Crippen molar-refractivity contribution in [2.45, 2.75) is 20.4 Å². The first kappa shape index (κ1) is 12.6. The van der Waals surface area contributed by atoms with Crippen molar-refractivity contribution in [2.75, 3.05) is 11.1 Å². The summed E-state index contributed by atoms with van der Waals surface area (Å²) in [7, 11) is 1.89. The lowest BCUT2D eigenvalue weighted by Gasteiger charge is -2.09. The molecule has 2 aromatic heterocycles. The first-order valence-electron chi connectivity index (χ1n) is 5.50. The van der Waals surface area contributed by atoms with Crippen molar-refractivity contribution in [3.8, 4) is 0 Å². The monoisotopic (exact) mass is 266 g/mol. The van der Waals surface area contributed by atoms with E-state index >= 15 is 0 Å². The Hall–Kier alpha value is -1.82. The van der Waals surface area contributed by atoms with Crippen LogP contribution in [0.5, 0.6) is 0 Å².